The van der Waals surface area contributed by atoms with E-state index in [-0.39, 0.29) is 0 Å². The molecule has 0 aromatic carbocycles. The summed E-state index contributed by atoms with van der Waals surface area (Å²) in [4.78, 5) is 23.7. The maximum atomic E-state index is 11.9. The molecule has 0 heterocycles. The smallest absolute Gasteiger partial charge is 0.132 e. The molecule has 0 saturated carbocycles. The molecule has 0 aromatic rings. The minimum absolute atomic E-state index is 0.480. The van der Waals surface area contributed by atoms with Gasteiger partial charge in [0, 0.05) is 25.7 Å². The zero-order chi connectivity index (χ0) is 23.5. The van der Waals surface area contributed by atoms with Crippen molar-refractivity contribution in [1.29, 1.82) is 0 Å². The minimum atomic E-state index is 0.480. The molecule has 0 unspecified atom stereocenters. The van der Waals surface area contributed by atoms with Crippen LogP contribution in [0.5, 0.6) is 0 Å². The molecule has 0 radical (unpaired) electrons. The van der Waals surface area contributed by atoms with E-state index in [0.717, 1.165) is 51.4 Å². The van der Waals surface area contributed by atoms with Crippen molar-refractivity contribution in [1.82, 2.24) is 0 Å². The number of hydrogen-bond acceptors (Lipinski definition) is 2. The van der Waals surface area contributed by atoms with Crippen molar-refractivity contribution in [2.45, 2.75) is 168 Å². The number of Topliss-reactive ketones (excluding diaryl/α,β-unsaturated/α-hetero) is 2. The van der Waals surface area contributed by atoms with Crippen molar-refractivity contribution < 1.29 is 9.59 Å². The quantitative estimate of drug-likeness (QED) is 0.0974. The normalized spacial score (nSPS) is 11.4. The topological polar surface area (TPSA) is 34.1 Å². The Hall–Kier alpha value is -0.920. The van der Waals surface area contributed by atoms with Gasteiger partial charge in [-0.3, -0.25) is 9.59 Å². The van der Waals surface area contributed by atoms with Gasteiger partial charge in [0.05, 0.1) is 0 Å². The van der Waals surface area contributed by atoms with E-state index in [1.165, 1.54) is 103 Å². The Morgan fingerprint density at radius 3 is 1.00 bits per heavy atom. The van der Waals surface area contributed by atoms with Gasteiger partial charge in [-0.2, -0.15) is 0 Å². The molecule has 0 aliphatic rings. The molecule has 32 heavy (non-hydrogen) atoms. The second-order valence-electron chi connectivity index (χ2n) is 9.78. The van der Waals surface area contributed by atoms with Crippen LogP contribution >= 0.6 is 0 Å². The summed E-state index contributed by atoms with van der Waals surface area (Å²) in [5.41, 5.74) is 0. The summed E-state index contributed by atoms with van der Waals surface area (Å²) in [5, 5.41) is 0. The lowest BCUT2D eigenvalue weighted by molar-refractivity contribution is -0.120. The molecule has 188 valence electrons. The van der Waals surface area contributed by atoms with Crippen LogP contribution in [0.25, 0.3) is 0 Å². The van der Waals surface area contributed by atoms with E-state index in [9.17, 15) is 9.59 Å². The third-order valence-corrected chi connectivity index (χ3v) is 6.44. The Morgan fingerprint density at radius 2 is 0.688 bits per heavy atom. The summed E-state index contributed by atoms with van der Waals surface area (Å²) in [6, 6.07) is 0. The molecular formula is C30H56O2. The van der Waals surface area contributed by atoms with Crippen molar-refractivity contribution >= 4 is 11.6 Å². The second kappa shape index (κ2) is 26.3. The van der Waals surface area contributed by atoms with Gasteiger partial charge in [-0.25, -0.2) is 0 Å². The largest absolute Gasteiger partial charge is 0.300 e. The van der Waals surface area contributed by atoms with Gasteiger partial charge in [-0.05, 0) is 51.4 Å². The van der Waals surface area contributed by atoms with Crippen LogP contribution in [0.15, 0.2) is 12.2 Å². The monoisotopic (exact) mass is 448 g/mol. The summed E-state index contributed by atoms with van der Waals surface area (Å²) in [7, 11) is 0. The van der Waals surface area contributed by atoms with Gasteiger partial charge in [0.2, 0.25) is 0 Å². The van der Waals surface area contributed by atoms with Crippen LogP contribution in [0.4, 0.5) is 0 Å². The van der Waals surface area contributed by atoms with Crippen LogP contribution in [0.1, 0.15) is 168 Å². The SMILES string of the molecule is CCCCCCCC(=O)CCCCCC/C=C/CCCCCCC(=O)CCCCCCC. The summed E-state index contributed by atoms with van der Waals surface area (Å²) >= 11 is 0. The van der Waals surface area contributed by atoms with E-state index in [0.29, 0.717) is 11.6 Å². The number of hydrogen-bond donors (Lipinski definition) is 0. The number of unbranched alkanes of at least 4 members (excludes halogenated alkanes) is 16. The highest BCUT2D eigenvalue weighted by atomic mass is 16.1. The Kier molecular flexibility index (Phi) is 25.6. The third kappa shape index (κ3) is 25.3. The fourth-order valence-electron chi connectivity index (χ4n) is 4.21. The van der Waals surface area contributed by atoms with Gasteiger partial charge in [-0.15, -0.1) is 0 Å². The number of carbonyl (C=O) groups is 2. The van der Waals surface area contributed by atoms with E-state index in [1.807, 2.05) is 0 Å². The van der Waals surface area contributed by atoms with Crippen LogP contribution in [0, 0.1) is 0 Å². The molecule has 0 aliphatic heterocycles. The molecule has 2 nitrogen and oxygen atoms in total. The minimum Gasteiger partial charge on any atom is -0.300 e. The first kappa shape index (κ1) is 31.1. The molecule has 2 heteroatoms. The Morgan fingerprint density at radius 1 is 0.406 bits per heavy atom. The van der Waals surface area contributed by atoms with Crippen molar-refractivity contribution in [3.63, 3.8) is 0 Å². The van der Waals surface area contributed by atoms with Crippen LogP contribution in [-0.2, 0) is 9.59 Å². The molecule has 0 N–H and O–H groups in total. The number of carbonyl (C=O) groups excluding carboxylic acids is 2. The predicted molar refractivity (Wildman–Crippen MR) is 141 cm³/mol. The van der Waals surface area contributed by atoms with Crippen molar-refractivity contribution in [2.75, 3.05) is 0 Å². The fourth-order valence-corrected chi connectivity index (χ4v) is 4.21. The molecule has 0 saturated heterocycles. The van der Waals surface area contributed by atoms with Gasteiger partial charge >= 0.3 is 0 Å². The molecule has 0 amide bonds. The second-order valence-corrected chi connectivity index (χ2v) is 9.78. The van der Waals surface area contributed by atoms with E-state index in [2.05, 4.69) is 26.0 Å². The predicted octanol–water partition coefficient (Wildman–Crippen LogP) is 10.1. The lowest BCUT2D eigenvalue weighted by Gasteiger charge is -2.02. The fraction of sp³-hybridized carbons (Fsp3) is 0.867. The Bertz CT molecular complexity index is 398. The highest BCUT2D eigenvalue weighted by Gasteiger charge is 2.02. The molecular weight excluding hydrogens is 392 g/mol. The van der Waals surface area contributed by atoms with E-state index >= 15 is 0 Å². The lowest BCUT2D eigenvalue weighted by Crippen LogP contribution is -1.97. The van der Waals surface area contributed by atoms with Crippen LogP contribution in [0.2, 0.25) is 0 Å². The van der Waals surface area contributed by atoms with Crippen LogP contribution in [0.3, 0.4) is 0 Å². The van der Waals surface area contributed by atoms with Crippen molar-refractivity contribution in [3.8, 4) is 0 Å². The lowest BCUT2D eigenvalue weighted by atomic mass is 10.0. The molecule has 0 rings (SSSR count). The third-order valence-electron chi connectivity index (χ3n) is 6.44. The molecule has 0 atom stereocenters. The summed E-state index contributed by atoms with van der Waals surface area (Å²) in [6.07, 6.45) is 32.2. The van der Waals surface area contributed by atoms with Crippen LogP contribution in [-0.4, -0.2) is 11.6 Å². The standard InChI is InChI=1S/C30H56O2/c1-3-5-7-17-21-25-29(31)27-23-19-15-13-11-9-10-12-14-16-20-24-28-30(32)26-22-18-8-6-4-2/h9-10H,3-8,11-28H2,1-2H3/b10-9+. The summed E-state index contributed by atoms with van der Waals surface area (Å²) < 4.78 is 0. The van der Waals surface area contributed by atoms with Crippen LogP contribution < -0.4 is 0 Å². The van der Waals surface area contributed by atoms with Gasteiger partial charge < -0.3 is 0 Å². The highest BCUT2D eigenvalue weighted by Crippen LogP contribution is 2.12. The Labute approximate surface area is 201 Å². The zero-order valence-electron chi connectivity index (χ0n) is 21.9. The maximum absolute atomic E-state index is 11.9. The average Bonchev–Trinajstić information content (AvgIpc) is 2.79. The molecule has 0 spiro atoms. The molecule has 0 bridgehead atoms. The highest BCUT2D eigenvalue weighted by molar-refractivity contribution is 5.78. The molecule has 0 fully saturated rings. The molecule has 0 aliphatic carbocycles. The van der Waals surface area contributed by atoms with Gasteiger partial charge in [-0.1, -0.05) is 103 Å². The zero-order valence-corrected chi connectivity index (χ0v) is 21.9. The average molecular weight is 449 g/mol. The van der Waals surface area contributed by atoms with Crippen molar-refractivity contribution in [2.24, 2.45) is 0 Å². The van der Waals surface area contributed by atoms with Crippen molar-refractivity contribution in [3.05, 3.63) is 12.2 Å². The van der Waals surface area contributed by atoms with Gasteiger partial charge in [0.1, 0.15) is 11.6 Å². The maximum Gasteiger partial charge on any atom is 0.132 e. The number of rotatable bonds is 26. The van der Waals surface area contributed by atoms with Gasteiger partial charge in [0.15, 0.2) is 0 Å². The molecule has 0 aromatic heterocycles. The first-order chi connectivity index (χ1) is 15.7. The first-order valence-corrected chi connectivity index (χ1v) is 14.4. The Balaban J connectivity index is 3.28. The summed E-state index contributed by atoms with van der Waals surface area (Å²) in [6.45, 7) is 4.46. The first-order valence-electron chi connectivity index (χ1n) is 14.4. The summed E-state index contributed by atoms with van der Waals surface area (Å²) in [5.74, 6) is 0.960. The van der Waals surface area contributed by atoms with E-state index in [1.54, 1.807) is 0 Å². The van der Waals surface area contributed by atoms with Gasteiger partial charge in [0.25, 0.3) is 0 Å². The number of allylic oxidation sites excluding steroid dienone is 2. The van der Waals surface area contributed by atoms with E-state index in [4.69, 9.17) is 0 Å². The number of ketones is 2. The van der Waals surface area contributed by atoms with E-state index < -0.39 is 0 Å².